The summed E-state index contributed by atoms with van der Waals surface area (Å²) in [6, 6.07) is 15.7. The number of carbonyl (C=O) groups is 1. The third kappa shape index (κ3) is 4.49. The summed E-state index contributed by atoms with van der Waals surface area (Å²) in [5, 5.41) is 3.67. The van der Waals surface area contributed by atoms with E-state index in [0.717, 1.165) is 10.9 Å². The van der Waals surface area contributed by atoms with Crippen molar-refractivity contribution < 1.29 is 19.0 Å². The summed E-state index contributed by atoms with van der Waals surface area (Å²) < 4.78 is 16.0. The van der Waals surface area contributed by atoms with Crippen molar-refractivity contribution in [3.63, 3.8) is 0 Å². The molecule has 2 amide bonds. The largest absolute Gasteiger partial charge is 0.497 e. The molecule has 0 atom stereocenters. The van der Waals surface area contributed by atoms with Gasteiger partial charge >= 0.3 is 6.03 Å². The van der Waals surface area contributed by atoms with Crippen LogP contribution in [0.1, 0.15) is 11.1 Å². The third-order valence-corrected chi connectivity index (χ3v) is 5.50. The normalized spacial score (nSPS) is 11.9. The molecule has 5 rings (SSSR count). The molecule has 4 aromatic rings. The molecule has 9 nitrogen and oxygen atoms in total. The van der Waals surface area contributed by atoms with Crippen LogP contribution in [0.4, 0.5) is 10.5 Å². The number of methoxy groups -OCH3 is 1. The highest BCUT2D eigenvalue weighted by molar-refractivity contribution is 5.89. The number of aromatic nitrogens is 2. The number of nitrogens with one attached hydrogen (secondary N) is 2. The Kier molecular flexibility index (Phi) is 5.73. The Morgan fingerprint density at radius 1 is 1.12 bits per heavy atom. The Balaban J connectivity index is 1.44. The Morgan fingerprint density at radius 2 is 1.91 bits per heavy atom. The zero-order chi connectivity index (χ0) is 23.5. The Bertz CT molecular complexity index is 1390. The zero-order valence-corrected chi connectivity index (χ0v) is 18.4. The number of H-pyrrole nitrogens is 1. The highest BCUT2D eigenvalue weighted by atomic mass is 16.7. The van der Waals surface area contributed by atoms with Crippen LogP contribution in [0.25, 0.3) is 10.9 Å². The summed E-state index contributed by atoms with van der Waals surface area (Å²) >= 11 is 0. The summed E-state index contributed by atoms with van der Waals surface area (Å²) in [5.74, 6) is 1.90. The lowest BCUT2D eigenvalue weighted by atomic mass is 10.1. The quantitative estimate of drug-likeness (QED) is 0.454. The van der Waals surface area contributed by atoms with Gasteiger partial charge in [0.2, 0.25) is 6.79 Å². The fraction of sp³-hybridized carbons (Fsp3) is 0.160. The van der Waals surface area contributed by atoms with Gasteiger partial charge in [-0.2, -0.15) is 0 Å². The van der Waals surface area contributed by atoms with Crippen LogP contribution in [-0.2, 0) is 13.1 Å². The first-order chi connectivity index (χ1) is 16.6. The van der Waals surface area contributed by atoms with Gasteiger partial charge in [0, 0.05) is 41.6 Å². The standard InChI is InChI=1S/C25H22N4O5/c1-32-20-6-4-19(5-7-20)27-25(31)29(13-16-3-2-8-26-12-16)14-18-9-17-10-22-23(34-15-33-22)11-21(17)28-24(18)30/h2-12H,13-15H2,1H3,(H,27,31)(H,28,30). The summed E-state index contributed by atoms with van der Waals surface area (Å²) in [4.78, 5) is 34.7. The van der Waals surface area contributed by atoms with Gasteiger partial charge in [0.1, 0.15) is 5.75 Å². The molecule has 0 radical (unpaired) electrons. The molecule has 0 aliphatic carbocycles. The number of urea groups is 1. The summed E-state index contributed by atoms with van der Waals surface area (Å²) in [6.45, 7) is 0.512. The highest BCUT2D eigenvalue weighted by Gasteiger charge is 2.19. The fourth-order valence-corrected chi connectivity index (χ4v) is 3.75. The molecule has 0 bridgehead atoms. The van der Waals surface area contributed by atoms with Crippen molar-refractivity contribution in [2.75, 3.05) is 19.2 Å². The van der Waals surface area contributed by atoms with Gasteiger partial charge in [-0.05, 0) is 48.0 Å². The summed E-state index contributed by atoms with van der Waals surface area (Å²) in [7, 11) is 1.58. The second-order valence-corrected chi connectivity index (χ2v) is 7.79. The lowest BCUT2D eigenvalue weighted by Crippen LogP contribution is -2.35. The molecular formula is C25H22N4O5. The summed E-state index contributed by atoms with van der Waals surface area (Å²) in [5.41, 5.74) is 2.26. The average Bonchev–Trinajstić information content (AvgIpc) is 3.31. The van der Waals surface area contributed by atoms with Crippen LogP contribution in [0, 0.1) is 0 Å². The van der Waals surface area contributed by atoms with E-state index < -0.39 is 0 Å². The number of aromatic amines is 1. The van der Waals surface area contributed by atoms with Crippen LogP contribution in [0.5, 0.6) is 17.2 Å². The number of carbonyl (C=O) groups excluding carboxylic acids is 1. The number of anilines is 1. The minimum atomic E-state index is -0.348. The average molecular weight is 458 g/mol. The van der Waals surface area contributed by atoms with E-state index >= 15 is 0 Å². The van der Waals surface area contributed by atoms with Gasteiger partial charge < -0.3 is 29.4 Å². The molecule has 34 heavy (non-hydrogen) atoms. The van der Waals surface area contributed by atoms with Crippen molar-refractivity contribution >= 4 is 22.6 Å². The minimum Gasteiger partial charge on any atom is -0.497 e. The molecule has 0 fully saturated rings. The smallest absolute Gasteiger partial charge is 0.322 e. The molecule has 2 N–H and O–H groups in total. The van der Waals surface area contributed by atoms with E-state index in [0.29, 0.717) is 34.0 Å². The number of nitrogens with zero attached hydrogens (tertiary/aromatic N) is 2. The molecule has 0 saturated heterocycles. The number of hydrogen-bond acceptors (Lipinski definition) is 6. The molecule has 1 aliphatic rings. The first-order valence-corrected chi connectivity index (χ1v) is 10.6. The second-order valence-electron chi connectivity index (χ2n) is 7.79. The van der Waals surface area contributed by atoms with E-state index in [9.17, 15) is 9.59 Å². The predicted octanol–water partition coefficient (Wildman–Crippen LogP) is 3.89. The van der Waals surface area contributed by atoms with Gasteiger partial charge in [0.15, 0.2) is 11.5 Å². The van der Waals surface area contributed by atoms with Gasteiger partial charge in [0.05, 0.1) is 19.2 Å². The molecule has 0 saturated carbocycles. The van der Waals surface area contributed by atoms with E-state index in [1.54, 1.807) is 66.9 Å². The van der Waals surface area contributed by atoms with Gasteiger partial charge in [-0.3, -0.25) is 9.78 Å². The van der Waals surface area contributed by atoms with Crippen LogP contribution >= 0.6 is 0 Å². The van der Waals surface area contributed by atoms with Crippen LogP contribution in [0.3, 0.4) is 0 Å². The first kappa shape index (κ1) is 21.3. The van der Waals surface area contributed by atoms with E-state index in [4.69, 9.17) is 14.2 Å². The van der Waals surface area contributed by atoms with Crippen LogP contribution in [-0.4, -0.2) is 34.8 Å². The van der Waals surface area contributed by atoms with Crippen molar-refractivity contribution in [3.05, 3.63) is 88.5 Å². The molecule has 0 unspecified atom stereocenters. The maximum absolute atomic E-state index is 13.2. The molecular weight excluding hydrogens is 436 g/mol. The first-order valence-electron chi connectivity index (χ1n) is 10.6. The highest BCUT2D eigenvalue weighted by Crippen LogP contribution is 2.35. The van der Waals surface area contributed by atoms with E-state index in [2.05, 4.69) is 15.3 Å². The molecule has 9 heteroatoms. The van der Waals surface area contributed by atoms with Crippen molar-refractivity contribution in [2.24, 2.45) is 0 Å². The maximum atomic E-state index is 13.2. The van der Waals surface area contributed by atoms with Crippen molar-refractivity contribution in [2.45, 2.75) is 13.1 Å². The van der Waals surface area contributed by atoms with Crippen LogP contribution in [0.2, 0.25) is 0 Å². The number of amides is 2. The van der Waals surface area contributed by atoms with Gasteiger partial charge in [-0.15, -0.1) is 0 Å². The summed E-state index contributed by atoms with van der Waals surface area (Å²) in [6.07, 6.45) is 3.36. The number of ether oxygens (including phenoxy) is 3. The minimum absolute atomic E-state index is 0.0938. The monoisotopic (exact) mass is 458 g/mol. The van der Waals surface area contributed by atoms with Crippen molar-refractivity contribution in [1.82, 2.24) is 14.9 Å². The number of hydrogen-bond donors (Lipinski definition) is 2. The molecule has 2 aromatic carbocycles. The number of pyridine rings is 2. The topological polar surface area (TPSA) is 106 Å². The maximum Gasteiger partial charge on any atom is 0.322 e. The molecule has 3 heterocycles. The second kappa shape index (κ2) is 9.14. The lowest BCUT2D eigenvalue weighted by Gasteiger charge is -2.23. The van der Waals surface area contributed by atoms with E-state index in [-0.39, 0.29) is 31.5 Å². The number of benzene rings is 2. The molecule has 2 aromatic heterocycles. The number of fused-ring (bicyclic) bond motifs is 2. The lowest BCUT2D eigenvalue weighted by molar-refractivity contribution is 0.174. The van der Waals surface area contributed by atoms with E-state index in [1.165, 1.54) is 0 Å². The van der Waals surface area contributed by atoms with Crippen LogP contribution < -0.4 is 25.1 Å². The third-order valence-electron chi connectivity index (χ3n) is 5.50. The van der Waals surface area contributed by atoms with Gasteiger partial charge in [-0.1, -0.05) is 6.07 Å². The van der Waals surface area contributed by atoms with E-state index in [1.807, 2.05) is 12.1 Å². The Hall–Kier alpha value is -4.53. The molecule has 172 valence electrons. The van der Waals surface area contributed by atoms with Gasteiger partial charge in [-0.25, -0.2) is 4.79 Å². The van der Waals surface area contributed by atoms with Gasteiger partial charge in [0.25, 0.3) is 5.56 Å². The molecule has 1 aliphatic heterocycles. The van der Waals surface area contributed by atoms with Crippen molar-refractivity contribution in [1.29, 1.82) is 0 Å². The number of rotatable bonds is 6. The predicted molar refractivity (Wildman–Crippen MR) is 126 cm³/mol. The zero-order valence-electron chi connectivity index (χ0n) is 18.4. The SMILES string of the molecule is COc1ccc(NC(=O)N(Cc2cccnc2)Cc2cc3cc4c(cc3[nH]c2=O)OCO4)cc1. The fourth-order valence-electron chi connectivity index (χ4n) is 3.75. The molecule has 0 spiro atoms. The van der Waals surface area contributed by atoms with Crippen molar-refractivity contribution in [3.8, 4) is 17.2 Å². The Morgan fingerprint density at radius 3 is 2.65 bits per heavy atom. The Labute approximate surface area is 194 Å². The van der Waals surface area contributed by atoms with Crippen LogP contribution in [0.15, 0.2) is 71.8 Å².